The van der Waals surface area contributed by atoms with Gasteiger partial charge in [0.05, 0.1) is 5.69 Å². The fraction of sp³-hybridized carbons (Fsp3) is 0.143. The monoisotopic (exact) mass is 151 g/mol. The van der Waals surface area contributed by atoms with Gasteiger partial charge < -0.3 is 5.43 Å². The summed E-state index contributed by atoms with van der Waals surface area (Å²) in [7, 11) is 0. The van der Waals surface area contributed by atoms with Crippen LogP contribution in [0.25, 0.3) is 0 Å². The van der Waals surface area contributed by atoms with Crippen LogP contribution < -0.4 is 11.3 Å². The topological polar surface area (TPSA) is 67.5 Å². The molecule has 0 amide bonds. The maximum atomic E-state index is 10.2. The Bertz CT molecular complexity index is 272. The van der Waals surface area contributed by atoms with Crippen molar-refractivity contribution in [3.05, 3.63) is 28.7 Å². The van der Waals surface area contributed by atoms with Crippen LogP contribution in [-0.4, -0.2) is 0 Å². The molecule has 1 aromatic carbocycles. The highest BCUT2D eigenvalue weighted by molar-refractivity contribution is 5.65. The van der Waals surface area contributed by atoms with Gasteiger partial charge in [0.1, 0.15) is 5.69 Å². The molecule has 0 aromatic heterocycles. The second-order valence-electron chi connectivity index (χ2n) is 2.26. The van der Waals surface area contributed by atoms with Gasteiger partial charge in [-0.1, -0.05) is 6.07 Å². The van der Waals surface area contributed by atoms with Gasteiger partial charge in [0.2, 0.25) is 0 Å². The minimum absolute atomic E-state index is 0.332. The van der Waals surface area contributed by atoms with Crippen molar-refractivity contribution in [1.29, 1.82) is 0 Å². The highest BCUT2D eigenvalue weighted by Crippen LogP contribution is 2.24. The van der Waals surface area contributed by atoms with Gasteiger partial charge in [0, 0.05) is 0 Å². The summed E-state index contributed by atoms with van der Waals surface area (Å²) in [5.41, 5.74) is 4.31. The maximum Gasteiger partial charge on any atom is 0.132 e. The van der Waals surface area contributed by atoms with Gasteiger partial charge in [-0.15, -0.1) is 4.91 Å². The third-order valence-electron chi connectivity index (χ3n) is 1.41. The molecule has 0 aliphatic heterocycles. The molecule has 0 spiro atoms. The second-order valence-corrected chi connectivity index (χ2v) is 2.26. The van der Waals surface area contributed by atoms with E-state index in [2.05, 4.69) is 10.6 Å². The first kappa shape index (κ1) is 7.68. The Balaban J connectivity index is 3.16. The number of nitrogen functional groups attached to an aromatic ring is 1. The number of hydrogen-bond acceptors (Lipinski definition) is 4. The first-order valence-corrected chi connectivity index (χ1v) is 3.18. The lowest BCUT2D eigenvalue weighted by molar-refractivity contribution is 1.31. The SMILES string of the molecule is Cc1ccc(N=O)c(NN)c1. The summed E-state index contributed by atoms with van der Waals surface area (Å²) >= 11 is 0. The van der Waals surface area contributed by atoms with E-state index in [-0.39, 0.29) is 0 Å². The predicted molar refractivity (Wildman–Crippen MR) is 44.4 cm³/mol. The summed E-state index contributed by atoms with van der Waals surface area (Å²) in [6, 6.07) is 5.19. The fourth-order valence-electron chi connectivity index (χ4n) is 0.845. The van der Waals surface area contributed by atoms with Crippen LogP contribution >= 0.6 is 0 Å². The average molecular weight is 151 g/mol. The van der Waals surface area contributed by atoms with Gasteiger partial charge in [-0.3, -0.25) is 5.84 Å². The van der Waals surface area contributed by atoms with Crippen molar-refractivity contribution in [3.8, 4) is 0 Å². The minimum atomic E-state index is 0.332. The Morgan fingerprint density at radius 1 is 1.55 bits per heavy atom. The molecule has 0 aliphatic carbocycles. The number of nitroso groups, excluding NO2 is 1. The first-order chi connectivity index (χ1) is 5.27. The molecule has 1 rings (SSSR count). The highest BCUT2D eigenvalue weighted by Gasteiger charge is 1.99. The van der Waals surface area contributed by atoms with Crippen molar-refractivity contribution in [3.63, 3.8) is 0 Å². The molecule has 4 nitrogen and oxygen atoms in total. The third kappa shape index (κ3) is 1.53. The van der Waals surface area contributed by atoms with Crippen molar-refractivity contribution in [1.82, 2.24) is 0 Å². The smallest absolute Gasteiger partial charge is 0.132 e. The number of hydrazine groups is 1. The van der Waals surface area contributed by atoms with Crippen molar-refractivity contribution in [2.24, 2.45) is 11.0 Å². The maximum absolute atomic E-state index is 10.2. The molecule has 0 atom stereocenters. The van der Waals surface area contributed by atoms with Gasteiger partial charge in [-0.2, -0.15) is 0 Å². The zero-order valence-electron chi connectivity index (χ0n) is 6.16. The van der Waals surface area contributed by atoms with Gasteiger partial charge in [0.15, 0.2) is 0 Å². The van der Waals surface area contributed by atoms with Crippen LogP contribution in [0.4, 0.5) is 11.4 Å². The van der Waals surface area contributed by atoms with Crippen LogP contribution in [0, 0.1) is 11.8 Å². The minimum Gasteiger partial charge on any atom is -0.322 e. The van der Waals surface area contributed by atoms with Crippen LogP contribution in [0.5, 0.6) is 0 Å². The second kappa shape index (κ2) is 3.12. The molecule has 0 saturated carbocycles. The number of anilines is 1. The number of nitrogens with zero attached hydrogens (tertiary/aromatic N) is 1. The standard InChI is InChI=1S/C7H9N3O/c1-5-2-3-6(10-11)7(4-5)9-8/h2-4,9H,8H2,1H3. The number of rotatable bonds is 2. The molecule has 0 bridgehead atoms. The molecule has 11 heavy (non-hydrogen) atoms. The van der Waals surface area contributed by atoms with E-state index >= 15 is 0 Å². The molecule has 3 N–H and O–H groups in total. The molecular weight excluding hydrogens is 142 g/mol. The Morgan fingerprint density at radius 2 is 2.27 bits per heavy atom. The molecule has 0 heterocycles. The van der Waals surface area contributed by atoms with Crippen LogP contribution in [-0.2, 0) is 0 Å². The lowest BCUT2D eigenvalue weighted by atomic mass is 10.2. The molecule has 0 radical (unpaired) electrons. The lowest BCUT2D eigenvalue weighted by Crippen LogP contribution is -2.06. The zero-order valence-corrected chi connectivity index (χ0v) is 6.16. The molecule has 0 fully saturated rings. The first-order valence-electron chi connectivity index (χ1n) is 3.18. The molecule has 0 aliphatic rings. The van der Waals surface area contributed by atoms with Gasteiger partial charge in [-0.25, -0.2) is 0 Å². The summed E-state index contributed by atoms with van der Waals surface area (Å²) in [5.74, 6) is 5.15. The van der Waals surface area contributed by atoms with E-state index in [0.29, 0.717) is 11.4 Å². The van der Waals surface area contributed by atoms with Crippen molar-refractivity contribution >= 4 is 11.4 Å². The normalized spacial score (nSPS) is 9.27. The lowest BCUT2D eigenvalue weighted by Gasteiger charge is -2.02. The van der Waals surface area contributed by atoms with E-state index in [1.165, 1.54) is 0 Å². The molecular formula is C7H9N3O. The molecule has 0 saturated heterocycles. The fourth-order valence-corrected chi connectivity index (χ4v) is 0.845. The Hall–Kier alpha value is -1.42. The number of nitrogens with two attached hydrogens (primary N) is 1. The van der Waals surface area contributed by atoms with Gasteiger partial charge in [-0.05, 0) is 29.8 Å². The Labute approximate surface area is 64.4 Å². The van der Waals surface area contributed by atoms with Crippen LogP contribution in [0.1, 0.15) is 5.56 Å². The number of benzene rings is 1. The summed E-state index contributed by atoms with van der Waals surface area (Å²) in [5, 5.41) is 2.79. The Morgan fingerprint density at radius 3 is 2.82 bits per heavy atom. The van der Waals surface area contributed by atoms with E-state index in [9.17, 15) is 4.91 Å². The van der Waals surface area contributed by atoms with E-state index in [0.717, 1.165) is 5.56 Å². The van der Waals surface area contributed by atoms with E-state index in [1.807, 2.05) is 6.92 Å². The van der Waals surface area contributed by atoms with Crippen LogP contribution in [0.3, 0.4) is 0 Å². The summed E-state index contributed by atoms with van der Waals surface area (Å²) in [6.45, 7) is 1.91. The van der Waals surface area contributed by atoms with Crippen molar-refractivity contribution < 1.29 is 0 Å². The zero-order chi connectivity index (χ0) is 8.27. The number of aryl methyl sites for hydroxylation is 1. The highest BCUT2D eigenvalue weighted by atomic mass is 16.3. The quantitative estimate of drug-likeness (QED) is 0.384. The largest absolute Gasteiger partial charge is 0.322 e. The molecule has 58 valence electrons. The van der Waals surface area contributed by atoms with Crippen LogP contribution in [0.15, 0.2) is 23.4 Å². The van der Waals surface area contributed by atoms with Crippen molar-refractivity contribution in [2.75, 3.05) is 5.43 Å². The molecule has 0 unspecified atom stereocenters. The third-order valence-corrected chi connectivity index (χ3v) is 1.41. The molecule has 4 heteroatoms. The van der Waals surface area contributed by atoms with E-state index < -0.39 is 0 Å². The van der Waals surface area contributed by atoms with Gasteiger partial charge in [0.25, 0.3) is 0 Å². The molecule has 1 aromatic rings. The van der Waals surface area contributed by atoms with Gasteiger partial charge >= 0.3 is 0 Å². The van der Waals surface area contributed by atoms with Crippen molar-refractivity contribution in [2.45, 2.75) is 6.92 Å². The summed E-state index contributed by atoms with van der Waals surface area (Å²) in [4.78, 5) is 10.2. The van der Waals surface area contributed by atoms with E-state index in [1.54, 1.807) is 18.2 Å². The Kier molecular flexibility index (Phi) is 2.18. The average Bonchev–Trinajstić information content (AvgIpc) is 2.04. The number of hydrogen-bond donors (Lipinski definition) is 2. The van der Waals surface area contributed by atoms with E-state index in [4.69, 9.17) is 5.84 Å². The summed E-state index contributed by atoms with van der Waals surface area (Å²) < 4.78 is 0. The van der Waals surface area contributed by atoms with Crippen LogP contribution in [0.2, 0.25) is 0 Å². The predicted octanol–water partition coefficient (Wildman–Crippen LogP) is 1.68. The number of nitrogens with one attached hydrogen (secondary N) is 1. The summed E-state index contributed by atoms with van der Waals surface area (Å²) in [6.07, 6.45) is 0.